The lowest BCUT2D eigenvalue weighted by Gasteiger charge is -2.06. The van der Waals surface area contributed by atoms with Gasteiger partial charge in [-0.05, 0) is 33.6 Å². The van der Waals surface area contributed by atoms with Crippen LogP contribution in [0.3, 0.4) is 0 Å². The number of hydrogen-bond acceptors (Lipinski definition) is 2. The minimum absolute atomic E-state index is 0.0422. The number of aliphatic hydroxyl groups is 1. The van der Waals surface area contributed by atoms with E-state index in [0.29, 0.717) is 10.0 Å². The first-order chi connectivity index (χ1) is 6.13. The molecule has 0 aliphatic heterocycles. The summed E-state index contributed by atoms with van der Waals surface area (Å²) < 4.78 is 28.1. The summed E-state index contributed by atoms with van der Waals surface area (Å²) in [6.45, 7) is -1.98. The summed E-state index contributed by atoms with van der Waals surface area (Å²) in [6, 6.07) is 4.28. The summed E-state index contributed by atoms with van der Waals surface area (Å²) in [5.41, 5.74) is 0.508. The van der Waals surface area contributed by atoms with E-state index in [4.69, 9.17) is 5.11 Å². The van der Waals surface area contributed by atoms with Crippen molar-refractivity contribution in [2.45, 2.75) is 6.61 Å². The monoisotopic (exact) mass is 251 g/mol. The van der Waals surface area contributed by atoms with E-state index in [-0.39, 0.29) is 5.75 Å². The van der Waals surface area contributed by atoms with E-state index < -0.39 is 6.61 Å². The molecule has 13 heavy (non-hydrogen) atoms. The Kier molecular flexibility index (Phi) is 3.62. The van der Waals surface area contributed by atoms with Gasteiger partial charge < -0.3 is 9.84 Å². The highest BCUT2D eigenvalue weighted by Gasteiger charge is 2.08. The molecule has 0 bridgehead atoms. The molecule has 2 nitrogen and oxygen atoms in total. The van der Waals surface area contributed by atoms with Gasteiger partial charge in [-0.2, -0.15) is 8.78 Å². The van der Waals surface area contributed by atoms with Gasteiger partial charge in [-0.1, -0.05) is 6.07 Å². The number of alkyl halides is 2. The molecular weight excluding hydrogens is 246 g/mol. The fourth-order valence-electron chi connectivity index (χ4n) is 0.789. The van der Waals surface area contributed by atoms with Crippen LogP contribution in [0.4, 0.5) is 8.78 Å². The summed E-state index contributed by atoms with van der Waals surface area (Å²) in [7, 11) is 0. The summed E-state index contributed by atoms with van der Waals surface area (Å²) in [5.74, 6) is 0.0422. The first kappa shape index (κ1) is 10.4. The Labute approximate surface area is 82.3 Å². The van der Waals surface area contributed by atoms with E-state index in [2.05, 4.69) is 20.7 Å². The fraction of sp³-hybridized carbons (Fsp3) is 0.125. The minimum Gasteiger partial charge on any atom is -0.434 e. The third kappa shape index (κ3) is 2.93. The number of hydrogen-bond donors (Lipinski definition) is 1. The Morgan fingerprint density at radius 1 is 1.46 bits per heavy atom. The van der Waals surface area contributed by atoms with Crippen LogP contribution < -0.4 is 4.74 Å². The van der Waals surface area contributed by atoms with Crippen molar-refractivity contribution in [3.63, 3.8) is 0 Å². The van der Waals surface area contributed by atoms with Gasteiger partial charge in [0.2, 0.25) is 0 Å². The highest BCUT2D eigenvalue weighted by Crippen LogP contribution is 2.27. The predicted molar refractivity (Wildman–Crippen MR) is 46.1 cm³/mol. The van der Waals surface area contributed by atoms with E-state index in [1.54, 1.807) is 0 Å². The largest absolute Gasteiger partial charge is 0.434 e. The topological polar surface area (TPSA) is 29.5 Å². The van der Waals surface area contributed by atoms with Gasteiger partial charge in [0.05, 0.1) is 4.47 Å². The van der Waals surface area contributed by atoms with E-state index in [1.807, 2.05) is 0 Å². The van der Waals surface area contributed by atoms with Gasteiger partial charge in [0, 0.05) is 0 Å². The Bertz CT molecular complexity index is 291. The van der Waals surface area contributed by atoms with E-state index >= 15 is 0 Å². The zero-order chi connectivity index (χ0) is 9.84. The number of aliphatic hydroxyl groups excluding tert-OH is 1. The van der Waals surface area contributed by atoms with Crippen LogP contribution in [0.15, 0.2) is 22.7 Å². The zero-order valence-electron chi connectivity index (χ0n) is 6.38. The first-order valence-corrected chi connectivity index (χ1v) is 4.14. The van der Waals surface area contributed by atoms with Crippen LogP contribution >= 0.6 is 15.9 Å². The van der Waals surface area contributed by atoms with Crippen LogP contribution in [0.2, 0.25) is 0 Å². The minimum atomic E-state index is -2.85. The molecule has 0 unspecified atom stereocenters. The lowest BCUT2D eigenvalue weighted by atomic mass is 10.2. The maximum atomic E-state index is 11.8. The molecular formula is C8H6BrF2O2. The average molecular weight is 252 g/mol. The average Bonchev–Trinajstić information content (AvgIpc) is 2.08. The molecule has 1 radical (unpaired) electrons. The van der Waals surface area contributed by atoms with Crippen LogP contribution in [0.25, 0.3) is 0 Å². The fourth-order valence-corrected chi connectivity index (χ4v) is 1.28. The molecule has 1 N–H and O–H groups in total. The third-order valence-electron chi connectivity index (χ3n) is 1.32. The summed E-state index contributed by atoms with van der Waals surface area (Å²) in [5, 5.41) is 8.60. The van der Waals surface area contributed by atoms with Crippen LogP contribution in [-0.4, -0.2) is 11.7 Å². The van der Waals surface area contributed by atoms with E-state index in [0.717, 1.165) is 6.61 Å². The molecule has 0 saturated carbocycles. The highest BCUT2D eigenvalue weighted by atomic mass is 79.9. The SMILES string of the molecule is O[CH]c1ccc(OC(F)F)c(Br)c1. The third-order valence-corrected chi connectivity index (χ3v) is 1.94. The maximum absolute atomic E-state index is 11.8. The molecule has 0 fully saturated rings. The first-order valence-electron chi connectivity index (χ1n) is 3.35. The second-order valence-electron chi connectivity index (χ2n) is 2.20. The maximum Gasteiger partial charge on any atom is 0.387 e. The molecule has 1 aromatic carbocycles. The lowest BCUT2D eigenvalue weighted by molar-refractivity contribution is -0.0503. The molecule has 1 rings (SSSR count). The molecule has 5 heteroatoms. The van der Waals surface area contributed by atoms with Gasteiger partial charge in [-0.15, -0.1) is 0 Å². The smallest absolute Gasteiger partial charge is 0.387 e. The zero-order valence-corrected chi connectivity index (χ0v) is 7.96. The van der Waals surface area contributed by atoms with Crippen molar-refractivity contribution in [3.8, 4) is 5.75 Å². The Balaban J connectivity index is 2.85. The Morgan fingerprint density at radius 2 is 2.15 bits per heavy atom. The second-order valence-corrected chi connectivity index (χ2v) is 3.05. The predicted octanol–water partition coefficient (Wildman–Crippen LogP) is 2.93. The number of halogens is 3. The van der Waals surface area contributed by atoms with Gasteiger partial charge in [0.25, 0.3) is 0 Å². The molecule has 0 heterocycles. The van der Waals surface area contributed by atoms with Gasteiger partial charge >= 0.3 is 6.61 Å². The summed E-state index contributed by atoms with van der Waals surface area (Å²) >= 11 is 3.03. The highest BCUT2D eigenvalue weighted by molar-refractivity contribution is 9.10. The normalized spacial score (nSPS) is 10.5. The molecule has 0 saturated heterocycles. The van der Waals surface area contributed by atoms with Crippen LogP contribution in [-0.2, 0) is 0 Å². The summed E-state index contributed by atoms with van der Waals surface area (Å²) in [4.78, 5) is 0. The molecule has 0 aromatic heterocycles. The van der Waals surface area contributed by atoms with Crippen molar-refractivity contribution >= 4 is 15.9 Å². The Morgan fingerprint density at radius 3 is 2.62 bits per heavy atom. The van der Waals surface area contributed by atoms with Crippen molar-refractivity contribution in [3.05, 3.63) is 34.8 Å². The van der Waals surface area contributed by atoms with Crippen molar-refractivity contribution in [2.75, 3.05) is 0 Å². The van der Waals surface area contributed by atoms with Crippen molar-refractivity contribution in [1.29, 1.82) is 0 Å². The molecule has 0 aliphatic carbocycles. The molecule has 0 atom stereocenters. The van der Waals surface area contributed by atoms with Gasteiger partial charge in [0.15, 0.2) is 0 Å². The van der Waals surface area contributed by atoms with Gasteiger partial charge in [-0.3, -0.25) is 0 Å². The van der Waals surface area contributed by atoms with Crippen LogP contribution in [0.5, 0.6) is 5.75 Å². The molecule has 0 spiro atoms. The van der Waals surface area contributed by atoms with E-state index in [1.165, 1.54) is 18.2 Å². The molecule has 0 aliphatic rings. The Hall–Kier alpha value is -0.680. The van der Waals surface area contributed by atoms with E-state index in [9.17, 15) is 8.78 Å². The number of rotatable bonds is 3. The second kappa shape index (κ2) is 4.53. The van der Waals surface area contributed by atoms with Crippen molar-refractivity contribution < 1.29 is 18.6 Å². The van der Waals surface area contributed by atoms with Crippen molar-refractivity contribution in [1.82, 2.24) is 0 Å². The standard InChI is InChI=1S/C8H6BrF2O2/c9-6-3-5(4-12)1-2-7(6)13-8(10)11/h1-4,8,12H. The number of ether oxygens (including phenoxy) is 1. The summed E-state index contributed by atoms with van der Waals surface area (Å²) in [6.07, 6.45) is 0. The molecule has 71 valence electrons. The number of benzene rings is 1. The van der Waals surface area contributed by atoms with Crippen LogP contribution in [0.1, 0.15) is 5.56 Å². The van der Waals surface area contributed by atoms with Gasteiger partial charge in [0.1, 0.15) is 12.4 Å². The molecule has 0 amide bonds. The van der Waals surface area contributed by atoms with Crippen LogP contribution in [0, 0.1) is 6.61 Å². The molecule has 1 aromatic rings. The lowest BCUT2D eigenvalue weighted by Crippen LogP contribution is -2.02. The van der Waals surface area contributed by atoms with Crippen molar-refractivity contribution in [2.24, 2.45) is 0 Å². The van der Waals surface area contributed by atoms with Gasteiger partial charge in [-0.25, -0.2) is 0 Å². The quantitative estimate of drug-likeness (QED) is 0.896.